The van der Waals surface area contributed by atoms with Crippen LogP contribution in [0, 0.1) is 0 Å². The Morgan fingerprint density at radius 1 is 0.442 bits per heavy atom. The maximum atomic E-state index is 13.9. The second-order valence-electron chi connectivity index (χ2n) is 10.5. The maximum absolute atomic E-state index is 13.9. The van der Waals surface area contributed by atoms with Crippen molar-refractivity contribution in [3.63, 3.8) is 0 Å². The van der Waals surface area contributed by atoms with Crippen molar-refractivity contribution < 1.29 is 23.6 Å². The Hall–Kier alpha value is -4.69. The van der Waals surface area contributed by atoms with E-state index >= 15 is 0 Å². The summed E-state index contributed by atoms with van der Waals surface area (Å²) in [5.41, 5.74) is 0.881. The number of carbonyl (C=O) groups is 3. The van der Waals surface area contributed by atoms with Gasteiger partial charge in [-0.25, -0.2) is 0 Å². The van der Waals surface area contributed by atoms with Gasteiger partial charge >= 0.3 is 255 Å². The Labute approximate surface area is 254 Å². The van der Waals surface area contributed by atoms with E-state index in [9.17, 15) is 14.4 Å². The molecule has 0 aromatic heterocycles. The molecule has 0 radical (unpaired) electrons. The van der Waals surface area contributed by atoms with Crippen LogP contribution in [0.2, 0.25) is 3.93 Å². The standard InChI is InChI=1S/3C11H8O2.C3H7.Sn/c3*12-11(13)10-7-3-5-8-4-1-2-6-9(8)10;1-3-2;/h3*1-7H,(H,12,13);3H,1-2H3;/q;;;;+3/p-3. The van der Waals surface area contributed by atoms with Crippen LogP contribution in [0.15, 0.2) is 127 Å². The summed E-state index contributed by atoms with van der Waals surface area (Å²) in [6.45, 7) is 3.50. The van der Waals surface area contributed by atoms with Crippen LogP contribution in [0.5, 0.6) is 0 Å². The van der Waals surface area contributed by atoms with Crippen LogP contribution in [0.4, 0.5) is 0 Å². The first kappa shape index (κ1) is 28.4. The van der Waals surface area contributed by atoms with Crippen molar-refractivity contribution >= 4 is 69.8 Å². The minimum atomic E-state index is -5.46. The first-order valence-electron chi connectivity index (χ1n) is 14.0. The van der Waals surface area contributed by atoms with E-state index in [2.05, 4.69) is 0 Å². The Bertz CT molecular complexity index is 1770. The van der Waals surface area contributed by atoms with Crippen LogP contribution in [0.1, 0.15) is 44.9 Å². The fraction of sp³-hybridized carbons (Fsp3) is 0.0833. The third-order valence-electron chi connectivity index (χ3n) is 7.44. The predicted molar refractivity (Wildman–Crippen MR) is 169 cm³/mol. The summed E-state index contributed by atoms with van der Waals surface area (Å²) in [5.74, 6) is -2.13. The van der Waals surface area contributed by atoms with Gasteiger partial charge in [0, 0.05) is 0 Å². The number of fused-ring (bicyclic) bond motifs is 3. The van der Waals surface area contributed by atoms with E-state index in [4.69, 9.17) is 9.22 Å². The van der Waals surface area contributed by atoms with E-state index in [0.717, 1.165) is 16.2 Å². The molecule has 6 nitrogen and oxygen atoms in total. The molecular weight excluding hydrogens is 647 g/mol. The Morgan fingerprint density at radius 2 is 0.721 bits per heavy atom. The first-order chi connectivity index (χ1) is 20.9. The molecule has 6 rings (SSSR count). The third kappa shape index (κ3) is 5.58. The molecule has 0 fully saturated rings. The Balaban J connectivity index is 1.44. The molecule has 0 atom stereocenters. The molecule has 0 saturated heterocycles. The topological polar surface area (TPSA) is 78.9 Å². The molecule has 212 valence electrons. The van der Waals surface area contributed by atoms with Gasteiger partial charge in [0.1, 0.15) is 0 Å². The van der Waals surface area contributed by atoms with Crippen molar-refractivity contribution in [2.24, 2.45) is 0 Å². The van der Waals surface area contributed by atoms with Gasteiger partial charge in [0.2, 0.25) is 0 Å². The summed E-state index contributed by atoms with van der Waals surface area (Å²) in [7, 11) is 0. The van der Waals surface area contributed by atoms with Gasteiger partial charge in [0.25, 0.3) is 0 Å². The molecule has 0 aliphatic carbocycles. The van der Waals surface area contributed by atoms with E-state index in [1.54, 1.807) is 50.2 Å². The summed E-state index contributed by atoms with van der Waals surface area (Å²) < 4.78 is 18.0. The zero-order valence-electron chi connectivity index (χ0n) is 23.7. The van der Waals surface area contributed by atoms with E-state index in [-0.39, 0.29) is 0 Å². The van der Waals surface area contributed by atoms with Gasteiger partial charge in [-0.1, -0.05) is 0 Å². The molecule has 0 unspecified atom stereocenters. The van der Waals surface area contributed by atoms with Crippen molar-refractivity contribution in [2.75, 3.05) is 0 Å². The third-order valence-corrected chi connectivity index (χ3v) is 15.5. The van der Waals surface area contributed by atoms with Crippen LogP contribution >= 0.6 is 0 Å². The zero-order valence-corrected chi connectivity index (χ0v) is 26.5. The van der Waals surface area contributed by atoms with Gasteiger partial charge in [0.05, 0.1) is 0 Å². The fourth-order valence-electron chi connectivity index (χ4n) is 5.18. The minimum absolute atomic E-state index is 0.294. The monoisotopic (exact) mass is 676 g/mol. The van der Waals surface area contributed by atoms with Crippen LogP contribution < -0.4 is 0 Å². The molecule has 0 amide bonds. The van der Waals surface area contributed by atoms with E-state index in [1.165, 1.54) is 0 Å². The predicted octanol–water partition coefficient (Wildman–Crippen LogP) is 8.37. The second kappa shape index (κ2) is 11.9. The quantitative estimate of drug-likeness (QED) is 0.158. The summed E-state index contributed by atoms with van der Waals surface area (Å²) in [4.78, 5) is 41.7. The van der Waals surface area contributed by atoms with Crippen LogP contribution in [-0.2, 0) is 9.22 Å². The van der Waals surface area contributed by atoms with Gasteiger partial charge in [0.15, 0.2) is 0 Å². The van der Waals surface area contributed by atoms with E-state index < -0.39 is 41.5 Å². The number of hydrogen-bond acceptors (Lipinski definition) is 6. The molecule has 0 saturated carbocycles. The van der Waals surface area contributed by atoms with Crippen LogP contribution in [0.25, 0.3) is 32.3 Å². The van der Waals surface area contributed by atoms with Gasteiger partial charge in [-0.2, -0.15) is 0 Å². The molecule has 0 N–H and O–H groups in total. The summed E-state index contributed by atoms with van der Waals surface area (Å²) in [6.07, 6.45) is 0. The van der Waals surface area contributed by atoms with E-state index in [0.29, 0.717) is 32.8 Å². The average molecular weight is 675 g/mol. The van der Waals surface area contributed by atoms with E-state index in [1.807, 2.05) is 91.0 Å². The van der Waals surface area contributed by atoms with Crippen molar-refractivity contribution in [2.45, 2.75) is 17.8 Å². The SMILES string of the molecule is C[CH](C)[Sn]([O]C(=O)c1cccc2ccccc12)([O]C(=O)c1cccc2ccccc12)[O]C(=O)c1cccc2ccccc12. The summed E-state index contributed by atoms with van der Waals surface area (Å²) >= 11 is -5.46. The van der Waals surface area contributed by atoms with Gasteiger partial charge in [-0.3, -0.25) is 0 Å². The normalized spacial score (nSPS) is 11.5. The van der Waals surface area contributed by atoms with Crippen molar-refractivity contribution in [3.05, 3.63) is 144 Å². The number of rotatable bonds is 7. The Kier molecular flexibility index (Phi) is 7.86. The Morgan fingerprint density at radius 3 is 1.02 bits per heavy atom. The van der Waals surface area contributed by atoms with Crippen LogP contribution in [0.3, 0.4) is 0 Å². The van der Waals surface area contributed by atoms with Crippen molar-refractivity contribution in [1.29, 1.82) is 0 Å². The molecule has 0 spiro atoms. The van der Waals surface area contributed by atoms with Crippen molar-refractivity contribution in [1.82, 2.24) is 0 Å². The number of carbonyl (C=O) groups excluding carboxylic acids is 3. The number of benzene rings is 6. The van der Waals surface area contributed by atoms with Crippen LogP contribution in [-0.4, -0.2) is 37.5 Å². The second-order valence-corrected chi connectivity index (χ2v) is 19.0. The molecule has 6 aromatic rings. The van der Waals surface area contributed by atoms with Gasteiger partial charge in [-0.05, 0) is 0 Å². The molecular formula is C36H28O6Sn. The van der Waals surface area contributed by atoms with Gasteiger partial charge < -0.3 is 0 Å². The summed E-state index contributed by atoms with van der Waals surface area (Å²) in [6, 6.07) is 38.2. The molecule has 0 bridgehead atoms. The molecule has 43 heavy (non-hydrogen) atoms. The molecule has 0 aliphatic heterocycles. The molecule has 7 heteroatoms. The molecule has 0 aliphatic rings. The molecule has 6 aromatic carbocycles. The zero-order chi connectivity index (χ0) is 30.0. The van der Waals surface area contributed by atoms with Gasteiger partial charge in [-0.15, -0.1) is 0 Å². The fourth-order valence-corrected chi connectivity index (χ4v) is 10.7. The molecule has 0 heterocycles. The summed E-state index contributed by atoms with van der Waals surface area (Å²) in [5, 5.41) is 4.59. The first-order valence-corrected chi connectivity index (χ1v) is 19.1. The number of hydrogen-bond donors (Lipinski definition) is 0. The van der Waals surface area contributed by atoms with Crippen molar-refractivity contribution in [3.8, 4) is 0 Å². The average Bonchev–Trinajstić information content (AvgIpc) is 3.03.